The highest BCUT2D eigenvalue weighted by molar-refractivity contribution is 7.91. The number of likely N-dealkylation sites (tertiary alicyclic amines) is 1. The van der Waals surface area contributed by atoms with Crippen molar-refractivity contribution in [2.75, 3.05) is 56.1 Å². The van der Waals surface area contributed by atoms with Gasteiger partial charge < -0.3 is 10.2 Å². The molecule has 2 aliphatic heterocycles. The second kappa shape index (κ2) is 8.83. The first-order valence-electron chi connectivity index (χ1n) is 10.6. The van der Waals surface area contributed by atoms with Crippen LogP contribution >= 0.6 is 11.3 Å². The summed E-state index contributed by atoms with van der Waals surface area (Å²) in [6.45, 7) is 10.4. The van der Waals surface area contributed by atoms with Crippen molar-refractivity contribution in [3.8, 4) is 0 Å². The molecule has 0 amide bonds. The van der Waals surface area contributed by atoms with Gasteiger partial charge in [-0.2, -0.15) is 0 Å². The molecule has 29 heavy (non-hydrogen) atoms. The summed E-state index contributed by atoms with van der Waals surface area (Å²) < 4.78 is 23.1. The van der Waals surface area contributed by atoms with Gasteiger partial charge in [0, 0.05) is 24.5 Å². The molecule has 0 atom stereocenters. The minimum absolute atomic E-state index is 0.292. The van der Waals surface area contributed by atoms with E-state index in [9.17, 15) is 8.42 Å². The van der Waals surface area contributed by atoms with Gasteiger partial charge in [-0.1, -0.05) is 0 Å². The maximum atomic E-state index is 11.6. The van der Waals surface area contributed by atoms with Crippen LogP contribution in [0.15, 0.2) is 0 Å². The molecular formula is C20H31N5O2S2. The predicted octanol–water partition coefficient (Wildman–Crippen LogP) is 2.44. The molecule has 2 fully saturated rings. The maximum Gasteiger partial charge on any atom is 0.152 e. The number of hydrogen-bond acceptors (Lipinski definition) is 8. The summed E-state index contributed by atoms with van der Waals surface area (Å²) in [7, 11) is -2.81. The highest BCUT2D eigenvalue weighted by Gasteiger charge is 2.21. The van der Waals surface area contributed by atoms with E-state index in [-0.39, 0.29) is 0 Å². The van der Waals surface area contributed by atoms with Gasteiger partial charge in [0.2, 0.25) is 0 Å². The lowest BCUT2D eigenvalue weighted by molar-refractivity contribution is 0.294. The Balaban J connectivity index is 1.41. The average molecular weight is 438 g/mol. The monoisotopic (exact) mass is 437 g/mol. The lowest BCUT2D eigenvalue weighted by Crippen LogP contribution is -2.41. The molecule has 0 aliphatic carbocycles. The van der Waals surface area contributed by atoms with E-state index in [4.69, 9.17) is 9.97 Å². The third kappa shape index (κ3) is 5.07. The zero-order valence-electron chi connectivity index (χ0n) is 17.4. The van der Waals surface area contributed by atoms with E-state index in [2.05, 4.69) is 29.0 Å². The number of aryl methyl sites for hydroxylation is 2. The van der Waals surface area contributed by atoms with E-state index in [0.717, 1.165) is 61.0 Å². The minimum atomic E-state index is -2.81. The Bertz CT molecular complexity index is 953. The van der Waals surface area contributed by atoms with Gasteiger partial charge in [0.05, 0.1) is 23.4 Å². The molecule has 2 aromatic rings. The van der Waals surface area contributed by atoms with Crippen molar-refractivity contribution in [2.45, 2.75) is 39.7 Å². The van der Waals surface area contributed by atoms with Crippen LogP contribution in [0.5, 0.6) is 0 Å². The summed E-state index contributed by atoms with van der Waals surface area (Å²) in [4.78, 5) is 16.8. The van der Waals surface area contributed by atoms with Crippen LogP contribution in [0, 0.1) is 13.8 Å². The van der Waals surface area contributed by atoms with Crippen molar-refractivity contribution in [2.24, 2.45) is 0 Å². The van der Waals surface area contributed by atoms with Crippen molar-refractivity contribution in [1.29, 1.82) is 0 Å². The van der Waals surface area contributed by atoms with Gasteiger partial charge in [-0.3, -0.25) is 4.90 Å². The first-order chi connectivity index (χ1) is 13.9. The van der Waals surface area contributed by atoms with E-state index < -0.39 is 9.84 Å². The van der Waals surface area contributed by atoms with Crippen LogP contribution in [0.25, 0.3) is 10.2 Å². The third-order valence-corrected chi connectivity index (χ3v) is 8.73. The van der Waals surface area contributed by atoms with Crippen LogP contribution in [-0.4, -0.2) is 79.0 Å². The highest BCUT2D eigenvalue weighted by Crippen LogP contribution is 2.33. The number of nitrogens with one attached hydrogen (secondary N) is 1. The van der Waals surface area contributed by atoms with Crippen molar-refractivity contribution in [3.05, 3.63) is 16.3 Å². The first-order valence-corrected chi connectivity index (χ1v) is 13.2. The van der Waals surface area contributed by atoms with E-state index in [1.165, 1.54) is 23.3 Å². The number of fused-ring (bicyclic) bond motifs is 1. The van der Waals surface area contributed by atoms with Crippen LogP contribution in [0.2, 0.25) is 0 Å². The fourth-order valence-corrected chi connectivity index (χ4v) is 6.44. The lowest BCUT2D eigenvalue weighted by atomic mass is 10.2. The molecule has 7 nitrogen and oxygen atoms in total. The Morgan fingerprint density at radius 2 is 1.76 bits per heavy atom. The molecule has 0 unspecified atom stereocenters. The zero-order chi connectivity index (χ0) is 20.4. The molecule has 4 heterocycles. The van der Waals surface area contributed by atoms with Gasteiger partial charge in [0.15, 0.2) is 9.84 Å². The summed E-state index contributed by atoms with van der Waals surface area (Å²) in [5.74, 6) is 2.44. The number of anilines is 1. The van der Waals surface area contributed by atoms with Crippen molar-refractivity contribution in [3.63, 3.8) is 0 Å². The summed E-state index contributed by atoms with van der Waals surface area (Å²) in [6, 6.07) is 0. The summed E-state index contributed by atoms with van der Waals surface area (Å²) in [5, 5.41) is 4.71. The lowest BCUT2D eigenvalue weighted by Gasteiger charge is -2.26. The van der Waals surface area contributed by atoms with Crippen molar-refractivity contribution >= 4 is 37.2 Å². The molecule has 2 aromatic heterocycles. The topological polar surface area (TPSA) is 78.4 Å². The van der Waals surface area contributed by atoms with Gasteiger partial charge in [-0.05, 0) is 58.3 Å². The second-order valence-corrected chi connectivity index (χ2v) is 11.7. The first kappa shape index (κ1) is 21.0. The van der Waals surface area contributed by atoms with E-state index >= 15 is 0 Å². The number of sulfone groups is 1. The molecule has 0 saturated carbocycles. The van der Waals surface area contributed by atoms with Crippen LogP contribution in [0.1, 0.15) is 35.5 Å². The fraction of sp³-hybridized carbons (Fsp3) is 0.700. The quantitative estimate of drug-likeness (QED) is 0.667. The Kier molecular flexibility index (Phi) is 6.38. The fourth-order valence-electron chi connectivity index (χ4n) is 4.12. The molecular weight excluding hydrogens is 406 g/mol. The number of nitrogens with zero attached hydrogens (tertiary/aromatic N) is 4. The van der Waals surface area contributed by atoms with Gasteiger partial charge in [-0.25, -0.2) is 18.4 Å². The van der Waals surface area contributed by atoms with Gasteiger partial charge in [0.25, 0.3) is 0 Å². The van der Waals surface area contributed by atoms with Crippen LogP contribution < -0.4 is 5.32 Å². The second-order valence-electron chi connectivity index (χ2n) is 8.21. The predicted molar refractivity (Wildman–Crippen MR) is 120 cm³/mol. The third-order valence-electron chi connectivity index (χ3n) is 6.02. The smallest absolute Gasteiger partial charge is 0.152 e. The van der Waals surface area contributed by atoms with E-state index in [1.807, 2.05) is 0 Å². The molecule has 0 aromatic carbocycles. The van der Waals surface area contributed by atoms with Crippen LogP contribution in [0.3, 0.4) is 0 Å². The number of rotatable bonds is 7. The largest absolute Gasteiger partial charge is 0.369 e. The van der Waals surface area contributed by atoms with E-state index in [0.29, 0.717) is 24.6 Å². The van der Waals surface area contributed by atoms with Crippen molar-refractivity contribution < 1.29 is 8.42 Å². The van der Waals surface area contributed by atoms with Gasteiger partial charge in [0.1, 0.15) is 16.5 Å². The Morgan fingerprint density at radius 1 is 1.03 bits per heavy atom. The van der Waals surface area contributed by atoms with Crippen LogP contribution in [0.4, 0.5) is 5.82 Å². The molecule has 1 N–H and O–H groups in total. The van der Waals surface area contributed by atoms with Crippen molar-refractivity contribution in [1.82, 2.24) is 19.8 Å². The number of aromatic nitrogens is 2. The average Bonchev–Trinajstić information content (AvgIpc) is 3.28. The van der Waals surface area contributed by atoms with Gasteiger partial charge >= 0.3 is 0 Å². The Morgan fingerprint density at radius 3 is 2.48 bits per heavy atom. The van der Waals surface area contributed by atoms with E-state index in [1.54, 1.807) is 11.3 Å². The minimum Gasteiger partial charge on any atom is -0.369 e. The molecule has 4 rings (SSSR count). The summed E-state index contributed by atoms with van der Waals surface area (Å²) in [5.41, 5.74) is 1.27. The maximum absolute atomic E-state index is 11.6. The SMILES string of the molecule is Cc1sc2nc(CN3CCCC3)nc(NCCCN3CCS(=O)(=O)CC3)c2c1C. The summed E-state index contributed by atoms with van der Waals surface area (Å²) >= 11 is 1.75. The standard InChI is InChI=1S/C20H31N5O2S2/c1-15-16(2)28-20-18(15)19(22-17(23-20)14-25-7-3-4-8-25)21-6-5-9-24-10-12-29(26,27)13-11-24/h3-14H2,1-2H3,(H,21,22,23). The molecule has 9 heteroatoms. The van der Waals surface area contributed by atoms with Gasteiger partial charge in [-0.15, -0.1) is 11.3 Å². The number of hydrogen-bond donors (Lipinski definition) is 1. The molecule has 0 spiro atoms. The number of thiophene rings is 1. The molecule has 2 aliphatic rings. The highest BCUT2D eigenvalue weighted by atomic mass is 32.2. The summed E-state index contributed by atoms with van der Waals surface area (Å²) in [6.07, 6.45) is 3.50. The molecule has 2 saturated heterocycles. The molecule has 160 valence electrons. The normalized spacial score (nSPS) is 20.5. The zero-order valence-corrected chi connectivity index (χ0v) is 19.0. The Labute approximate surface area is 177 Å². The van der Waals surface area contributed by atoms with Crippen LogP contribution in [-0.2, 0) is 16.4 Å². The molecule has 0 radical (unpaired) electrons. The Hall–Kier alpha value is -1.29. The molecule has 0 bridgehead atoms.